The highest BCUT2D eigenvalue weighted by Crippen LogP contribution is 2.45. The van der Waals surface area contributed by atoms with Gasteiger partial charge in [-0.2, -0.15) is 0 Å². The molecule has 164 valence electrons. The zero-order valence-corrected chi connectivity index (χ0v) is 18.0. The van der Waals surface area contributed by atoms with Gasteiger partial charge in [0.05, 0.1) is 5.41 Å². The lowest BCUT2D eigenvalue weighted by Crippen LogP contribution is -2.39. The molecule has 1 fully saturated rings. The first-order valence-electron chi connectivity index (χ1n) is 11.0. The van der Waals surface area contributed by atoms with Crippen molar-refractivity contribution in [2.24, 2.45) is 0 Å². The Morgan fingerprint density at radius 1 is 1.00 bits per heavy atom. The van der Waals surface area contributed by atoms with Crippen LogP contribution in [0, 0.1) is 0 Å². The standard InChI is InChI=1S/C25H29NO5/c1-2-26(17-19-8-4-3-5-9-19)23(27)18-31-24(28)25(12-6-7-13-25)20-10-11-21-22(16-20)30-15-14-29-21/h3-5,8-11,16H,2,6-7,12-15,17-18H2,1H3. The number of carbonyl (C=O) groups excluding carboxylic acids is 2. The summed E-state index contributed by atoms with van der Waals surface area (Å²) in [7, 11) is 0. The van der Waals surface area contributed by atoms with Gasteiger partial charge in [-0.1, -0.05) is 49.2 Å². The van der Waals surface area contributed by atoms with E-state index in [0.29, 0.717) is 50.6 Å². The Morgan fingerprint density at radius 3 is 2.42 bits per heavy atom. The number of carbonyl (C=O) groups is 2. The molecule has 0 bridgehead atoms. The zero-order valence-electron chi connectivity index (χ0n) is 18.0. The van der Waals surface area contributed by atoms with Gasteiger partial charge in [0.25, 0.3) is 5.91 Å². The molecule has 31 heavy (non-hydrogen) atoms. The van der Waals surface area contributed by atoms with Crippen molar-refractivity contribution in [3.63, 3.8) is 0 Å². The van der Waals surface area contributed by atoms with Crippen molar-refractivity contribution in [3.05, 3.63) is 59.7 Å². The molecule has 0 atom stereocenters. The molecule has 1 amide bonds. The maximum absolute atomic E-state index is 13.2. The third kappa shape index (κ3) is 4.53. The van der Waals surface area contributed by atoms with Gasteiger partial charge in [0.15, 0.2) is 18.1 Å². The second kappa shape index (κ2) is 9.41. The van der Waals surface area contributed by atoms with Crippen LogP contribution in [-0.4, -0.2) is 43.1 Å². The molecular formula is C25H29NO5. The smallest absolute Gasteiger partial charge is 0.317 e. The molecule has 0 saturated heterocycles. The molecule has 1 saturated carbocycles. The lowest BCUT2D eigenvalue weighted by Gasteiger charge is -2.29. The quantitative estimate of drug-likeness (QED) is 0.633. The molecule has 0 unspecified atom stereocenters. The molecule has 2 aromatic carbocycles. The number of fused-ring (bicyclic) bond motifs is 1. The number of ether oxygens (including phenoxy) is 3. The Labute approximate surface area is 183 Å². The number of nitrogens with zero attached hydrogens (tertiary/aromatic N) is 1. The summed E-state index contributed by atoms with van der Waals surface area (Å²) in [6, 6.07) is 15.5. The van der Waals surface area contributed by atoms with E-state index in [-0.39, 0.29) is 18.5 Å². The summed E-state index contributed by atoms with van der Waals surface area (Å²) in [6.07, 6.45) is 3.32. The van der Waals surface area contributed by atoms with E-state index in [1.807, 2.05) is 55.5 Å². The fraction of sp³-hybridized carbons (Fsp3) is 0.440. The minimum atomic E-state index is -0.730. The van der Waals surface area contributed by atoms with E-state index in [1.54, 1.807) is 4.90 Å². The number of esters is 1. The van der Waals surface area contributed by atoms with Gasteiger partial charge < -0.3 is 19.1 Å². The minimum absolute atomic E-state index is 0.185. The Kier molecular flexibility index (Phi) is 6.44. The van der Waals surface area contributed by atoms with Crippen molar-refractivity contribution in [3.8, 4) is 11.5 Å². The van der Waals surface area contributed by atoms with Crippen LogP contribution in [0.1, 0.15) is 43.7 Å². The molecule has 6 nitrogen and oxygen atoms in total. The van der Waals surface area contributed by atoms with Crippen LogP contribution in [0.4, 0.5) is 0 Å². The van der Waals surface area contributed by atoms with Gasteiger partial charge >= 0.3 is 5.97 Å². The van der Waals surface area contributed by atoms with Gasteiger partial charge in [0.2, 0.25) is 0 Å². The van der Waals surface area contributed by atoms with Crippen LogP contribution >= 0.6 is 0 Å². The van der Waals surface area contributed by atoms with E-state index in [2.05, 4.69) is 0 Å². The predicted molar refractivity (Wildman–Crippen MR) is 116 cm³/mol. The number of likely N-dealkylation sites (N-methyl/N-ethyl adjacent to an activating group) is 1. The lowest BCUT2D eigenvalue weighted by molar-refractivity contribution is -0.157. The Hall–Kier alpha value is -3.02. The molecule has 1 aliphatic heterocycles. The molecule has 2 aromatic rings. The van der Waals surface area contributed by atoms with Gasteiger partial charge in [-0.05, 0) is 43.0 Å². The SMILES string of the molecule is CCN(Cc1ccccc1)C(=O)COC(=O)C1(c2ccc3c(c2)OCCO3)CCCC1. The lowest BCUT2D eigenvalue weighted by atomic mass is 9.78. The monoisotopic (exact) mass is 423 g/mol. The zero-order chi connectivity index (χ0) is 21.7. The van der Waals surface area contributed by atoms with Gasteiger partial charge in [0.1, 0.15) is 13.2 Å². The normalized spacial score (nSPS) is 16.5. The van der Waals surface area contributed by atoms with E-state index in [1.165, 1.54) is 0 Å². The number of amides is 1. The molecule has 6 heteroatoms. The molecular weight excluding hydrogens is 394 g/mol. The maximum atomic E-state index is 13.2. The molecule has 4 rings (SSSR count). The van der Waals surface area contributed by atoms with Crippen LogP contribution in [0.3, 0.4) is 0 Å². The van der Waals surface area contributed by atoms with Crippen LogP contribution in [0.15, 0.2) is 48.5 Å². The molecule has 0 aromatic heterocycles. The fourth-order valence-electron chi connectivity index (χ4n) is 4.47. The first-order valence-corrected chi connectivity index (χ1v) is 11.0. The average Bonchev–Trinajstić information content (AvgIpc) is 3.32. The van der Waals surface area contributed by atoms with Crippen molar-refractivity contribution in [2.45, 2.75) is 44.6 Å². The van der Waals surface area contributed by atoms with Crippen molar-refractivity contribution < 1.29 is 23.8 Å². The minimum Gasteiger partial charge on any atom is -0.486 e. The van der Waals surface area contributed by atoms with Gasteiger partial charge in [0, 0.05) is 13.1 Å². The third-order valence-corrected chi connectivity index (χ3v) is 6.22. The summed E-state index contributed by atoms with van der Waals surface area (Å²) in [6.45, 7) is 3.76. The predicted octanol–water partition coefficient (Wildman–Crippen LogP) is 3.86. The largest absolute Gasteiger partial charge is 0.486 e. The van der Waals surface area contributed by atoms with Crippen molar-refractivity contribution in [1.82, 2.24) is 4.90 Å². The van der Waals surface area contributed by atoms with E-state index in [9.17, 15) is 9.59 Å². The topological polar surface area (TPSA) is 65.1 Å². The van der Waals surface area contributed by atoms with Crippen molar-refractivity contribution in [2.75, 3.05) is 26.4 Å². The first-order chi connectivity index (χ1) is 15.1. The third-order valence-electron chi connectivity index (χ3n) is 6.22. The van der Waals surface area contributed by atoms with E-state index in [4.69, 9.17) is 14.2 Å². The van der Waals surface area contributed by atoms with E-state index < -0.39 is 5.41 Å². The van der Waals surface area contributed by atoms with Crippen LogP contribution in [0.25, 0.3) is 0 Å². The van der Waals surface area contributed by atoms with Crippen molar-refractivity contribution >= 4 is 11.9 Å². The van der Waals surface area contributed by atoms with Crippen molar-refractivity contribution in [1.29, 1.82) is 0 Å². The maximum Gasteiger partial charge on any atom is 0.317 e. The molecule has 1 aliphatic carbocycles. The number of rotatable bonds is 7. The number of hydrogen-bond donors (Lipinski definition) is 0. The Morgan fingerprint density at radius 2 is 1.71 bits per heavy atom. The number of hydrogen-bond acceptors (Lipinski definition) is 5. The highest BCUT2D eigenvalue weighted by Gasteiger charge is 2.45. The summed E-state index contributed by atoms with van der Waals surface area (Å²) in [4.78, 5) is 27.7. The fourth-order valence-corrected chi connectivity index (χ4v) is 4.47. The highest BCUT2D eigenvalue weighted by molar-refractivity contribution is 5.87. The van der Waals surface area contributed by atoms with E-state index in [0.717, 1.165) is 24.0 Å². The Balaban J connectivity index is 1.45. The van der Waals surface area contributed by atoms with E-state index >= 15 is 0 Å². The summed E-state index contributed by atoms with van der Waals surface area (Å²) in [5.74, 6) is 0.853. The van der Waals surface area contributed by atoms with Crippen LogP contribution in [0.2, 0.25) is 0 Å². The molecule has 1 heterocycles. The second-order valence-electron chi connectivity index (χ2n) is 8.12. The highest BCUT2D eigenvalue weighted by atomic mass is 16.6. The summed E-state index contributed by atoms with van der Waals surface area (Å²) in [5, 5.41) is 0. The summed E-state index contributed by atoms with van der Waals surface area (Å²) < 4.78 is 16.9. The number of benzene rings is 2. The van der Waals surface area contributed by atoms with Gasteiger partial charge in [-0.3, -0.25) is 9.59 Å². The molecule has 0 radical (unpaired) electrons. The summed E-state index contributed by atoms with van der Waals surface area (Å²) in [5.41, 5.74) is 1.20. The Bertz CT molecular complexity index is 921. The van der Waals surface area contributed by atoms with Crippen LogP contribution < -0.4 is 9.47 Å². The van der Waals surface area contributed by atoms with Gasteiger partial charge in [-0.25, -0.2) is 0 Å². The first kappa shape index (κ1) is 21.2. The second-order valence-corrected chi connectivity index (χ2v) is 8.12. The molecule has 0 N–H and O–H groups in total. The summed E-state index contributed by atoms with van der Waals surface area (Å²) >= 11 is 0. The van der Waals surface area contributed by atoms with Gasteiger partial charge in [-0.15, -0.1) is 0 Å². The average molecular weight is 424 g/mol. The van der Waals surface area contributed by atoms with Crippen LogP contribution in [-0.2, 0) is 26.3 Å². The van der Waals surface area contributed by atoms with Crippen LogP contribution in [0.5, 0.6) is 11.5 Å². The molecule has 0 spiro atoms. The molecule has 2 aliphatic rings.